The number of hydrogen-bond acceptors (Lipinski definition) is 10. The summed E-state index contributed by atoms with van der Waals surface area (Å²) in [6, 6.07) is 0. The van der Waals surface area contributed by atoms with E-state index in [4.69, 9.17) is 18.9 Å². The predicted molar refractivity (Wildman–Crippen MR) is 147 cm³/mol. The van der Waals surface area contributed by atoms with E-state index in [2.05, 4.69) is 0 Å². The van der Waals surface area contributed by atoms with Gasteiger partial charge in [-0.05, 0) is 44.4 Å². The van der Waals surface area contributed by atoms with E-state index in [-0.39, 0.29) is 36.0 Å². The number of aliphatic hydroxyl groups excluding tert-OH is 1. The van der Waals surface area contributed by atoms with Gasteiger partial charge in [0.25, 0.3) is 0 Å². The molecular formula is C32H40O10. The second kappa shape index (κ2) is 10.2. The summed E-state index contributed by atoms with van der Waals surface area (Å²) in [6.45, 7) is 11.1. The molecule has 2 bridgehead atoms. The van der Waals surface area contributed by atoms with Gasteiger partial charge in [-0.1, -0.05) is 45.4 Å². The van der Waals surface area contributed by atoms with E-state index in [1.807, 2.05) is 33.8 Å². The van der Waals surface area contributed by atoms with Crippen LogP contribution < -0.4 is 0 Å². The Kier molecular flexibility index (Phi) is 7.32. The predicted octanol–water partition coefficient (Wildman–Crippen LogP) is 3.36. The maximum Gasteiger partial charge on any atom is 0.333 e. The van der Waals surface area contributed by atoms with Gasteiger partial charge in [0, 0.05) is 39.9 Å². The molecule has 0 spiro atoms. The number of Topliss-reactive ketones (excluding diaryl/α,β-unsaturated/α-hetero) is 1. The third-order valence-electron chi connectivity index (χ3n) is 11.1. The lowest BCUT2D eigenvalue weighted by atomic mass is 9.40. The minimum absolute atomic E-state index is 0.0377. The second-order valence-corrected chi connectivity index (χ2v) is 13.4. The normalized spacial score (nSPS) is 40.5. The molecule has 2 saturated carbocycles. The molecule has 1 N–H and O–H groups in total. The summed E-state index contributed by atoms with van der Waals surface area (Å²) >= 11 is 0. The molecule has 3 unspecified atom stereocenters. The SMILES string of the molecule is C/C=C(\C)C(=O)O[C@@H]1[C@H]2C=C3C(CC[C@]4(C)C3CC(=O)O[C@H]4C3=CC(=O)OC3O)[C@](C)(C2=O)[C@H](CC(=O)OC)C1(C)C. The van der Waals surface area contributed by atoms with Crippen LogP contribution >= 0.6 is 0 Å². The molecule has 0 aromatic carbocycles. The number of hydrogen-bond donors (Lipinski definition) is 1. The Bertz CT molecular complexity index is 1340. The largest absolute Gasteiger partial charge is 0.469 e. The smallest absolute Gasteiger partial charge is 0.333 e. The number of aliphatic hydroxyl groups is 1. The van der Waals surface area contributed by atoms with Crippen LogP contribution in [0.4, 0.5) is 0 Å². The monoisotopic (exact) mass is 584 g/mol. The molecule has 0 aromatic heterocycles. The fourth-order valence-corrected chi connectivity index (χ4v) is 8.68. The van der Waals surface area contributed by atoms with Gasteiger partial charge < -0.3 is 24.1 Å². The number of ketones is 1. The Morgan fingerprint density at radius 3 is 2.38 bits per heavy atom. The standard InChI is InChI=1S/C32H40O10/c1-8-15(2)28(37)42-26-17-11-16-19(32(6,25(17)36)21(30(26,3)4)14-22(33)39-7)9-10-31(5)20(16)13-24(35)40-27(31)18-12-23(34)41-29(18)38/h8,11-12,17,19-21,26-27,29,38H,9-10,13-14H2,1-7H3/b15-8+/t17-,19?,20?,21+,26+,27-,29?,31+,32-/m0/s1. The van der Waals surface area contributed by atoms with Crippen molar-refractivity contribution in [2.24, 2.45) is 39.9 Å². The van der Waals surface area contributed by atoms with Gasteiger partial charge in [0.2, 0.25) is 6.29 Å². The Hall–Kier alpha value is -3.27. The number of cyclic esters (lactones) is 2. The molecule has 2 aliphatic heterocycles. The van der Waals surface area contributed by atoms with Crippen LogP contribution in [0.5, 0.6) is 0 Å². The summed E-state index contributed by atoms with van der Waals surface area (Å²) in [5.74, 6) is -4.26. The average molecular weight is 585 g/mol. The highest BCUT2D eigenvalue weighted by Crippen LogP contribution is 2.67. The fourth-order valence-electron chi connectivity index (χ4n) is 8.68. The summed E-state index contributed by atoms with van der Waals surface area (Å²) in [5, 5.41) is 10.5. The number of fused-ring (bicyclic) bond motifs is 6. The first-order chi connectivity index (χ1) is 19.6. The maximum atomic E-state index is 14.4. The molecule has 5 rings (SSSR count). The number of carbonyl (C=O) groups is 5. The van der Waals surface area contributed by atoms with Crippen molar-refractivity contribution >= 4 is 29.7 Å². The topological polar surface area (TPSA) is 142 Å². The van der Waals surface area contributed by atoms with Crippen molar-refractivity contribution in [3.05, 3.63) is 34.9 Å². The number of ether oxygens (including phenoxy) is 4. The minimum Gasteiger partial charge on any atom is -0.469 e. The highest BCUT2D eigenvalue weighted by molar-refractivity contribution is 5.94. The van der Waals surface area contributed by atoms with Crippen LogP contribution in [0.3, 0.4) is 0 Å². The second-order valence-electron chi connectivity index (χ2n) is 13.4. The number of esters is 4. The number of allylic oxidation sites excluding steroid dienone is 2. The number of carbonyl (C=O) groups excluding carboxylic acids is 5. The van der Waals surface area contributed by atoms with Gasteiger partial charge in [-0.25, -0.2) is 9.59 Å². The quantitative estimate of drug-likeness (QED) is 0.221. The Labute approximate surface area is 245 Å². The minimum atomic E-state index is -1.51. The van der Waals surface area contributed by atoms with Crippen molar-refractivity contribution < 1.29 is 48.0 Å². The van der Waals surface area contributed by atoms with Crippen molar-refractivity contribution in [2.75, 3.05) is 7.11 Å². The van der Waals surface area contributed by atoms with Crippen LogP contribution in [0.25, 0.3) is 0 Å². The van der Waals surface area contributed by atoms with Crippen molar-refractivity contribution in [3.8, 4) is 0 Å². The Balaban J connectivity index is 1.66. The van der Waals surface area contributed by atoms with Crippen LogP contribution in [0.15, 0.2) is 34.9 Å². The molecule has 0 amide bonds. The molecule has 3 aliphatic carbocycles. The summed E-state index contributed by atoms with van der Waals surface area (Å²) in [4.78, 5) is 65.3. The van der Waals surface area contributed by atoms with E-state index in [1.54, 1.807) is 19.9 Å². The maximum absolute atomic E-state index is 14.4. The van der Waals surface area contributed by atoms with Gasteiger partial charge in [0.1, 0.15) is 18.0 Å². The van der Waals surface area contributed by atoms with Gasteiger partial charge in [-0.3, -0.25) is 14.4 Å². The van der Waals surface area contributed by atoms with Crippen LogP contribution in [0, 0.1) is 39.9 Å². The molecule has 228 valence electrons. The van der Waals surface area contributed by atoms with Gasteiger partial charge in [0.05, 0.1) is 19.4 Å². The Morgan fingerprint density at radius 2 is 1.79 bits per heavy atom. The van der Waals surface area contributed by atoms with E-state index in [9.17, 15) is 29.1 Å². The van der Waals surface area contributed by atoms with Crippen molar-refractivity contribution in [2.45, 2.75) is 85.7 Å². The van der Waals surface area contributed by atoms with E-state index in [0.29, 0.717) is 18.4 Å². The van der Waals surface area contributed by atoms with E-state index in [1.165, 1.54) is 13.2 Å². The average Bonchev–Trinajstić information content (AvgIpc) is 3.27. The van der Waals surface area contributed by atoms with Gasteiger partial charge in [-0.15, -0.1) is 0 Å². The molecule has 42 heavy (non-hydrogen) atoms. The molecule has 2 heterocycles. The van der Waals surface area contributed by atoms with Crippen LogP contribution in [-0.4, -0.2) is 60.4 Å². The molecule has 10 nitrogen and oxygen atoms in total. The molecule has 1 saturated heterocycles. The lowest BCUT2D eigenvalue weighted by Crippen LogP contribution is -2.67. The highest BCUT2D eigenvalue weighted by Gasteiger charge is 2.69. The summed E-state index contributed by atoms with van der Waals surface area (Å²) in [6.07, 6.45) is 2.56. The summed E-state index contributed by atoms with van der Waals surface area (Å²) < 4.78 is 21.9. The first kappa shape index (κ1) is 30.2. The van der Waals surface area contributed by atoms with Crippen LogP contribution in [0.1, 0.15) is 67.2 Å². The fraction of sp³-hybridized carbons (Fsp3) is 0.656. The van der Waals surface area contributed by atoms with E-state index >= 15 is 0 Å². The molecular weight excluding hydrogens is 544 g/mol. The third kappa shape index (κ3) is 4.28. The Morgan fingerprint density at radius 1 is 1.10 bits per heavy atom. The van der Waals surface area contributed by atoms with E-state index in [0.717, 1.165) is 5.57 Å². The zero-order chi connectivity index (χ0) is 30.9. The highest BCUT2D eigenvalue weighted by atomic mass is 16.6. The van der Waals surface area contributed by atoms with Crippen LogP contribution in [0.2, 0.25) is 0 Å². The van der Waals surface area contributed by atoms with E-state index < -0.39 is 70.5 Å². The summed E-state index contributed by atoms with van der Waals surface area (Å²) in [5.41, 5.74) is -0.986. The molecule has 0 aromatic rings. The molecule has 0 radical (unpaired) electrons. The zero-order valence-electron chi connectivity index (χ0n) is 25.2. The molecule has 9 atom stereocenters. The van der Waals surface area contributed by atoms with Gasteiger partial charge in [0.15, 0.2) is 0 Å². The lowest BCUT2D eigenvalue weighted by Gasteiger charge is -2.64. The van der Waals surface area contributed by atoms with Crippen molar-refractivity contribution in [1.29, 1.82) is 0 Å². The van der Waals surface area contributed by atoms with Crippen LogP contribution in [-0.2, 0) is 42.9 Å². The van der Waals surface area contributed by atoms with Crippen molar-refractivity contribution in [1.82, 2.24) is 0 Å². The van der Waals surface area contributed by atoms with Crippen molar-refractivity contribution in [3.63, 3.8) is 0 Å². The summed E-state index contributed by atoms with van der Waals surface area (Å²) in [7, 11) is 1.31. The first-order valence-corrected chi connectivity index (χ1v) is 14.6. The number of rotatable bonds is 5. The zero-order valence-corrected chi connectivity index (χ0v) is 25.2. The lowest BCUT2D eigenvalue weighted by molar-refractivity contribution is -0.194. The first-order valence-electron chi connectivity index (χ1n) is 14.6. The molecule has 5 aliphatic rings. The molecule has 10 heteroatoms. The third-order valence-corrected chi connectivity index (χ3v) is 11.1. The van der Waals surface area contributed by atoms with Gasteiger partial charge >= 0.3 is 23.9 Å². The number of methoxy groups -OCH3 is 1. The van der Waals surface area contributed by atoms with Gasteiger partial charge in [-0.2, -0.15) is 0 Å². The molecule has 3 fully saturated rings.